The molecule has 1 aromatic rings. The van der Waals surface area contributed by atoms with Crippen LogP contribution in [0.2, 0.25) is 0 Å². The van der Waals surface area contributed by atoms with Crippen LogP contribution in [0.4, 0.5) is 5.69 Å². The molecule has 2 amide bonds. The van der Waals surface area contributed by atoms with Crippen LogP contribution in [-0.2, 0) is 9.59 Å². The number of nitrogens with zero attached hydrogens (tertiary/aromatic N) is 1. The summed E-state index contributed by atoms with van der Waals surface area (Å²) in [7, 11) is 0. The molecular weight excluding hydrogens is 302 g/mol. The van der Waals surface area contributed by atoms with E-state index in [1.807, 2.05) is 0 Å². The normalized spacial score (nSPS) is 16.3. The Labute approximate surface area is 131 Å². The SMILES string of the molecule is C=C(NNC(=O)CC1C(=C)NNC1=O)c1ccc([N+](=O)[O-])cc1. The molecule has 1 aromatic carbocycles. The van der Waals surface area contributed by atoms with Crippen LogP contribution in [0.15, 0.2) is 43.1 Å². The van der Waals surface area contributed by atoms with Crippen molar-refractivity contribution in [1.82, 2.24) is 21.7 Å². The number of carbonyl (C=O) groups is 2. The first-order valence-electron chi connectivity index (χ1n) is 6.61. The van der Waals surface area contributed by atoms with E-state index >= 15 is 0 Å². The quantitative estimate of drug-likeness (QED) is 0.443. The Bertz CT molecular complexity index is 667. The van der Waals surface area contributed by atoms with Crippen LogP contribution in [0.3, 0.4) is 0 Å². The molecule has 1 atom stereocenters. The maximum absolute atomic E-state index is 11.8. The Morgan fingerprint density at radius 3 is 2.43 bits per heavy atom. The lowest BCUT2D eigenvalue weighted by Crippen LogP contribution is -2.37. The largest absolute Gasteiger partial charge is 0.302 e. The summed E-state index contributed by atoms with van der Waals surface area (Å²) in [5.74, 6) is -1.37. The third-order valence-corrected chi connectivity index (χ3v) is 3.25. The molecule has 1 aliphatic rings. The van der Waals surface area contributed by atoms with Crippen molar-refractivity contribution in [2.75, 3.05) is 0 Å². The first-order valence-corrected chi connectivity index (χ1v) is 6.61. The first kappa shape index (κ1) is 16.0. The fourth-order valence-electron chi connectivity index (χ4n) is 1.93. The van der Waals surface area contributed by atoms with E-state index in [0.717, 1.165) is 0 Å². The maximum Gasteiger partial charge on any atom is 0.269 e. The third-order valence-electron chi connectivity index (χ3n) is 3.25. The molecule has 1 aliphatic heterocycles. The minimum Gasteiger partial charge on any atom is -0.302 e. The summed E-state index contributed by atoms with van der Waals surface area (Å²) in [6.45, 7) is 7.37. The number of hydrogen-bond donors (Lipinski definition) is 4. The molecule has 23 heavy (non-hydrogen) atoms. The molecule has 0 aliphatic carbocycles. The van der Waals surface area contributed by atoms with Crippen LogP contribution in [0.25, 0.3) is 5.70 Å². The van der Waals surface area contributed by atoms with E-state index in [1.165, 1.54) is 24.3 Å². The van der Waals surface area contributed by atoms with E-state index in [0.29, 0.717) is 17.0 Å². The molecule has 0 aromatic heterocycles. The number of benzene rings is 1. The highest BCUT2D eigenvalue weighted by Crippen LogP contribution is 2.16. The molecule has 4 N–H and O–H groups in total. The zero-order valence-corrected chi connectivity index (χ0v) is 12.1. The zero-order chi connectivity index (χ0) is 17.0. The van der Waals surface area contributed by atoms with Crippen molar-refractivity contribution < 1.29 is 14.5 Å². The average Bonchev–Trinajstić information content (AvgIpc) is 2.84. The van der Waals surface area contributed by atoms with Crippen LogP contribution in [0.5, 0.6) is 0 Å². The van der Waals surface area contributed by atoms with Gasteiger partial charge in [0.15, 0.2) is 0 Å². The monoisotopic (exact) mass is 317 g/mol. The molecule has 1 fully saturated rings. The van der Waals surface area contributed by atoms with Crippen LogP contribution in [0, 0.1) is 16.0 Å². The average molecular weight is 317 g/mol. The number of nitro benzene ring substituents is 1. The summed E-state index contributed by atoms with van der Waals surface area (Å²) in [5, 5.41) is 10.6. The molecule has 2 rings (SSSR count). The van der Waals surface area contributed by atoms with Gasteiger partial charge in [-0.1, -0.05) is 13.2 Å². The lowest BCUT2D eigenvalue weighted by molar-refractivity contribution is -0.384. The highest BCUT2D eigenvalue weighted by molar-refractivity contribution is 5.89. The van der Waals surface area contributed by atoms with Crippen molar-refractivity contribution in [2.24, 2.45) is 5.92 Å². The minimum absolute atomic E-state index is 0.0381. The van der Waals surface area contributed by atoms with Crippen molar-refractivity contribution in [3.8, 4) is 0 Å². The summed E-state index contributed by atoms with van der Waals surface area (Å²) in [4.78, 5) is 33.4. The molecule has 0 saturated carbocycles. The zero-order valence-electron chi connectivity index (χ0n) is 12.1. The number of amides is 2. The van der Waals surface area contributed by atoms with Gasteiger partial charge in [0.25, 0.3) is 5.69 Å². The van der Waals surface area contributed by atoms with Gasteiger partial charge in [-0.05, 0) is 17.7 Å². The fraction of sp³-hybridized carbons (Fsp3) is 0.143. The van der Waals surface area contributed by atoms with E-state index in [1.54, 1.807) is 0 Å². The van der Waals surface area contributed by atoms with E-state index in [-0.39, 0.29) is 18.0 Å². The predicted molar refractivity (Wildman–Crippen MR) is 81.9 cm³/mol. The van der Waals surface area contributed by atoms with E-state index in [9.17, 15) is 19.7 Å². The Morgan fingerprint density at radius 2 is 1.91 bits per heavy atom. The topological polar surface area (TPSA) is 125 Å². The lowest BCUT2D eigenvalue weighted by atomic mass is 10.0. The Morgan fingerprint density at radius 1 is 1.26 bits per heavy atom. The summed E-state index contributed by atoms with van der Waals surface area (Å²) in [6.07, 6.45) is -0.0712. The molecule has 1 heterocycles. The number of rotatable bonds is 6. The maximum atomic E-state index is 11.8. The van der Waals surface area contributed by atoms with Crippen LogP contribution >= 0.6 is 0 Å². The van der Waals surface area contributed by atoms with Crippen LogP contribution in [0.1, 0.15) is 12.0 Å². The third kappa shape index (κ3) is 3.84. The Balaban J connectivity index is 1.86. The number of hydrazine groups is 2. The second kappa shape index (κ2) is 6.60. The smallest absolute Gasteiger partial charge is 0.269 e. The van der Waals surface area contributed by atoms with E-state index in [2.05, 4.69) is 34.9 Å². The van der Waals surface area contributed by atoms with Gasteiger partial charge < -0.3 is 5.43 Å². The van der Waals surface area contributed by atoms with Gasteiger partial charge in [-0.3, -0.25) is 36.0 Å². The summed E-state index contributed by atoms with van der Waals surface area (Å²) < 4.78 is 0. The van der Waals surface area contributed by atoms with Gasteiger partial charge in [0.05, 0.1) is 16.5 Å². The van der Waals surface area contributed by atoms with Gasteiger partial charge in [-0.2, -0.15) is 0 Å². The highest BCUT2D eigenvalue weighted by Gasteiger charge is 2.30. The minimum atomic E-state index is -0.635. The number of hydrogen-bond acceptors (Lipinski definition) is 6. The molecular formula is C14H15N5O4. The molecule has 9 heteroatoms. The lowest BCUT2D eigenvalue weighted by Gasteiger charge is -2.12. The first-order chi connectivity index (χ1) is 10.9. The van der Waals surface area contributed by atoms with Gasteiger partial charge in [0, 0.05) is 24.3 Å². The standard InChI is InChI=1S/C14H15N5O4/c1-8(10-3-5-11(6-4-10)19(22)23)15-17-13(20)7-12-9(2)16-18-14(12)21/h3-6,12,15-16H,1-2,7H2,(H,17,20)(H,18,21). The second-order valence-electron chi connectivity index (χ2n) is 4.85. The second-order valence-corrected chi connectivity index (χ2v) is 4.85. The molecule has 0 radical (unpaired) electrons. The van der Waals surface area contributed by atoms with E-state index in [4.69, 9.17) is 0 Å². The molecule has 0 spiro atoms. The predicted octanol–water partition coefficient (Wildman–Crippen LogP) is 0.341. The molecule has 9 nitrogen and oxygen atoms in total. The number of nitrogens with one attached hydrogen (secondary N) is 4. The van der Waals surface area contributed by atoms with Crippen molar-refractivity contribution in [3.05, 3.63) is 58.8 Å². The van der Waals surface area contributed by atoms with Crippen molar-refractivity contribution in [1.29, 1.82) is 0 Å². The molecule has 0 bridgehead atoms. The fourth-order valence-corrected chi connectivity index (χ4v) is 1.93. The Hall–Kier alpha value is -3.36. The summed E-state index contributed by atoms with van der Waals surface area (Å²) in [5.41, 5.74) is 11.3. The van der Waals surface area contributed by atoms with Gasteiger partial charge in [-0.25, -0.2) is 0 Å². The molecule has 1 saturated heterocycles. The van der Waals surface area contributed by atoms with Crippen molar-refractivity contribution in [2.45, 2.75) is 6.42 Å². The number of non-ortho nitro benzene ring substituents is 1. The van der Waals surface area contributed by atoms with E-state index < -0.39 is 16.7 Å². The van der Waals surface area contributed by atoms with Crippen LogP contribution < -0.4 is 21.7 Å². The molecule has 120 valence electrons. The number of carbonyl (C=O) groups excluding carboxylic acids is 2. The van der Waals surface area contributed by atoms with Gasteiger partial charge in [-0.15, -0.1) is 0 Å². The van der Waals surface area contributed by atoms with Crippen LogP contribution in [-0.4, -0.2) is 16.7 Å². The summed E-state index contributed by atoms with van der Waals surface area (Å²) in [6, 6.07) is 5.69. The van der Waals surface area contributed by atoms with Gasteiger partial charge in [0.1, 0.15) is 0 Å². The molecule has 1 unspecified atom stereocenters. The number of nitro groups is 1. The van der Waals surface area contributed by atoms with Crippen molar-refractivity contribution in [3.63, 3.8) is 0 Å². The van der Waals surface area contributed by atoms with Gasteiger partial charge in [0.2, 0.25) is 11.8 Å². The summed E-state index contributed by atoms with van der Waals surface area (Å²) >= 11 is 0. The van der Waals surface area contributed by atoms with Crippen molar-refractivity contribution >= 4 is 23.2 Å². The van der Waals surface area contributed by atoms with Gasteiger partial charge >= 0.3 is 0 Å². The highest BCUT2D eigenvalue weighted by atomic mass is 16.6. The Kier molecular flexibility index (Phi) is 4.60.